The Balaban J connectivity index is 1.64. The van der Waals surface area contributed by atoms with E-state index in [1.807, 2.05) is 48.5 Å². The van der Waals surface area contributed by atoms with Gasteiger partial charge in [0.25, 0.3) is 0 Å². The van der Waals surface area contributed by atoms with Crippen molar-refractivity contribution in [2.45, 2.75) is 44.9 Å². The molecule has 1 saturated heterocycles. The molecule has 0 spiro atoms. The molecule has 8 nitrogen and oxygen atoms in total. The monoisotopic (exact) mass is 466 g/mol. The molecule has 2 aliphatic rings. The van der Waals surface area contributed by atoms with Crippen molar-refractivity contribution in [1.29, 1.82) is 0 Å². The highest BCUT2D eigenvalue weighted by atomic mass is 16.6. The van der Waals surface area contributed by atoms with Gasteiger partial charge in [-0.1, -0.05) is 48.5 Å². The largest absolute Gasteiger partial charge is 0.480 e. The van der Waals surface area contributed by atoms with Crippen molar-refractivity contribution in [3.8, 4) is 11.1 Å². The standard InChI is InChI=1S/C26H30N2O6/c1-26(2,3)34-25(32)27-14-16(13-21(27)23(29)30)15-28(24(31)33-4)22-19-11-7-5-9-17(19)18-10-6-8-12-20(18)22/h5-12,16,21-22H,13-15H2,1-4H3,(H,29,30)/t16-,21+/m1/s1. The zero-order valence-electron chi connectivity index (χ0n) is 19.9. The summed E-state index contributed by atoms with van der Waals surface area (Å²) < 4.78 is 10.6. The number of amides is 2. The zero-order valence-corrected chi connectivity index (χ0v) is 19.9. The first-order chi connectivity index (χ1) is 16.1. The third-order valence-corrected chi connectivity index (χ3v) is 6.28. The number of carbonyl (C=O) groups excluding carboxylic acids is 2. The van der Waals surface area contributed by atoms with Crippen molar-refractivity contribution < 1.29 is 29.0 Å². The Morgan fingerprint density at radius 3 is 2.09 bits per heavy atom. The molecule has 2 amide bonds. The van der Waals surface area contributed by atoms with Gasteiger partial charge in [-0.2, -0.15) is 0 Å². The molecule has 4 rings (SSSR count). The second-order valence-electron chi connectivity index (χ2n) is 9.79. The van der Waals surface area contributed by atoms with Crippen LogP contribution in [0.5, 0.6) is 0 Å². The van der Waals surface area contributed by atoms with E-state index in [9.17, 15) is 19.5 Å². The zero-order chi connectivity index (χ0) is 24.6. The number of rotatable bonds is 4. The average Bonchev–Trinajstić information content (AvgIpc) is 3.36. The molecule has 1 N–H and O–H groups in total. The molecule has 0 saturated carbocycles. The van der Waals surface area contributed by atoms with Crippen LogP contribution in [0.4, 0.5) is 9.59 Å². The third-order valence-electron chi connectivity index (χ3n) is 6.28. The van der Waals surface area contributed by atoms with Crippen LogP contribution in [-0.4, -0.2) is 64.9 Å². The predicted octanol–water partition coefficient (Wildman–Crippen LogP) is 4.54. The van der Waals surface area contributed by atoms with Crippen LogP contribution in [-0.2, 0) is 14.3 Å². The fourth-order valence-corrected chi connectivity index (χ4v) is 4.96. The van der Waals surface area contributed by atoms with E-state index in [2.05, 4.69) is 0 Å². The average molecular weight is 467 g/mol. The van der Waals surface area contributed by atoms with Gasteiger partial charge in [0.1, 0.15) is 11.6 Å². The van der Waals surface area contributed by atoms with Gasteiger partial charge in [0.2, 0.25) is 0 Å². The van der Waals surface area contributed by atoms with Gasteiger partial charge in [-0.15, -0.1) is 0 Å². The van der Waals surface area contributed by atoms with E-state index in [1.165, 1.54) is 12.0 Å². The third kappa shape index (κ3) is 4.44. The van der Waals surface area contributed by atoms with Crippen LogP contribution in [0, 0.1) is 5.92 Å². The first-order valence-corrected chi connectivity index (χ1v) is 11.4. The lowest BCUT2D eigenvalue weighted by molar-refractivity contribution is -0.142. The first-order valence-electron chi connectivity index (χ1n) is 11.4. The second kappa shape index (κ2) is 9.00. The molecule has 2 atom stereocenters. The van der Waals surface area contributed by atoms with Gasteiger partial charge in [-0.25, -0.2) is 14.4 Å². The maximum absolute atomic E-state index is 13.0. The molecule has 1 heterocycles. The second-order valence-corrected chi connectivity index (χ2v) is 9.79. The minimum Gasteiger partial charge on any atom is -0.480 e. The van der Waals surface area contributed by atoms with Gasteiger partial charge in [0.15, 0.2) is 0 Å². The summed E-state index contributed by atoms with van der Waals surface area (Å²) >= 11 is 0. The van der Waals surface area contributed by atoms with E-state index in [4.69, 9.17) is 9.47 Å². The topological polar surface area (TPSA) is 96.4 Å². The number of methoxy groups -OCH3 is 1. The lowest BCUT2D eigenvalue weighted by Gasteiger charge is -2.31. The molecule has 0 unspecified atom stereocenters. The van der Waals surface area contributed by atoms with Gasteiger partial charge in [-0.05, 0) is 55.4 Å². The van der Waals surface area contributed by atoms with E-state index in [1.54, 1.807) is 25.7 Å². The number of fused-ring (bicyclic) bond motifs is 3. The Bertz CT molecular complexity index is 1060. The summed E-state index contributed by atoms with van der Waals surface area (Å²) in [6.45, 7) is 5.63. The van der Waals surface area contributed by atoms with E-state index >= 15 is 0 Å². The van der Waals surface area contributed by atoms with E-state index in [0.29, 0.717) is 0 Å². The number of likely N-dealkylation sites (tertiary alicyclic amines) is 1. The van der Waals surface area contributed by atoms with Crippen molar-refractivity contribution in [3.05, 3.63) is 59.7 Å². The van der Waals surface area contributed by atoms with Gasteiger partial charge in [0, 0.05) is 13.1 Å². The molecular weight excluding hydrogens is 436 g/mol. The van der Waals surface area contributed by atoms with E-state index < -0.39 is 29.8 Å². The van der Waals surface area contributed by atoms with Gasteiger partial charge in [-0.3, -0.25) is 9.80 Å². The predicted molar refractivity (Wildman–Crippen MR) is 125 cm³/mol. The molecular formula is C26H30N2O6. The lowest BCUT2D eigenvalue weighted by atomic mass is 10.00. The highest BCUT2D eigenvalue weighted by molar-refractivity contribution is 5.82. The summed E-state index contributed by atoms with van der Waals surface area (Å²) in [5.41, 5.74) is 3.36. The maximum atomic E-state index is 13.0. The van der Waals surface area contributed by atoms with Crippen LogP contribution in [0.1, 0.15) is 44.4 Å². The number of carboxylic acids is 1. The quantitative estimate of drug-likeness (QED) is 0.711. The van der Waals surface area contributed by atoms with Crippen LogP contribution >= 0.6 is 0 Å². The molecule has 2 aromatic rings. The smallest absolute Gasteiger partial charge is 0.411 e. The van der Waals surface area contributed by atoms with Gasteiger partial charge in [0.05, 0.1) is 13.2 Å². The number of hydrogen-bond acceptors (Lipinski definition) is 5. The highest BCUT2D eigenvalue weighted by Crippen LogP contribution is 2.47. The number of carbonyl (C=O) groups is 3. The number of hydrogen-bond donors (Lipinski definition) is 1. The lowest BCUT2D eigenvalue weighted by Crippen LogP contribution is -2.43. The minimum absolute atomic E-state index is 0.176. The molecule has 1 aliphatic carbocycles. The maximum Gasteiger partial charge on any atom is 0.411 e. The Labute approximate surface area is 199 Å². The molecule has 0 radical (unpaired) electrons. The summed E-state index contributed by atoms with van der Waals surface area (Å²) in [5.74, 6) is -1.35. The Kier molecular flexibility index (Phi) is 6.25. The fourth-order valence-electron chi connectivity index (χ4n) is 4.96. The summed E-state index contributed by atoms with van der Waals surface area (Å²) in [6, 6.07) is 14.5. The summed E-state index contributed by atoms with van der Waals surface area (Å²) in [7, 11) is 1.34. The van der Waals surface area contributed by atoms with Crippen molar-refractivity contribution in [2.24, 2.45) is 5.92 Å². The number of ether oxygens (including phenoxy) is 2. The van der Waals surface area contributed by atoms with Crippen LogP contribution in [0.25, 0.3) is 11.1 Å². The van der Waals surface area contributed by atoms with Crippen LogP contribution < -0.4 is 0 Å². The Hall–Kier alpha value is -3.55. The first kappa shape index (κ1) is 23.6. The molecule has 0 aromatic heterocycles. The highest BCUT2D eigenvalue weighted by Gasteiger charge is 2.44. The van der Waals surface area contributed by atoms with Crippen molar-refractivity contribution in [1.82, 2.24) is 9.80 Å². The molecule has 180 valence electrons. The van der Waals surface area contributed by atoms with Crippen LogP contribution in [0.2, 0.25) is 0 Å². The molecule has 1 aliphatic heterocycles. The SMILES string of the molecule is COC(=O)N(C[C@@H]1C[C@@H](C(=O)O)N(C(=O)OC(C)(C)C)C1)C1c2ccccc2-c2ccccc21. The Morgan fingerprint density at radius 2 is 1.59 bits per heavy atom. The number of nitrogens with zero attached hydrogens (tertiary/aromatic N) is 2. The Morgan fingerprint density at radius 1 is 1.03 bits per heavy atom. The van der Waals surface area contributed by atoms with Crippen molar-refractivity contribution in [3.63, 3.8) is 0 Å². The fraction of sp³-hybridized carbons (Fsp3) is 0.423. The van der Waals surface area contributed by atoms with Crippen molar-refractivity contribution in [2.75, 3.05) is 20.2 Å². The van der Waals surface area contributed by atoms with Crippen molar-refractivity contribution >= 4 is 18.2 Å². The summed E-state index contributed by atoms with van der Waals surface area (Å²) in [4.78, 5) is 40.6. The molecule has 0 bridgehead atoms. The minimum atomic E-state index is -1.09. The molecule has 1 fully saturated rings. The van der Waals surface area contributed by atoms with E-state index in [0.717, 1.165) is 22.3 Å². The number of benzene rings is 2. The number of carboxylic acid groups (broad SMARTS) is 1. The molecule has 8 heteroatoms. The van der Waals surface area contributed by atoms with Gasteiger partial charge < -0.3 is 14.6 Å². The summed E-state index contributed by atoms with van der Waals surface area (Å²) in [6.07, 6.45) is -0.944. The molecule has 34 heavy (non-hydrogen) atoms. The van der Waals surface area contributed by atoms with E-state index in [-0.39, 0.29) is 31.5 Å². The number of aliphatic carboxylic acids is 1. The van der Waals surface area contributed by atoms with Gasteiger partial charge >= 0.3 is 18.2 Å². The summed E-state index contributed by atoms with van der Waals surface area (Å²) in [5, 5.41) is 9.76. The van der Waals surface area contributed by atoms with Crippen LogP contribution in [0.3, 0.4) is 0 Å². The van der Waals surface area contributed by atoms with Crippen LogP contribution in [0.15, 0.2) is 48.5 Å². The normalized spacial score (nSPS) is 19.4. The molecule has 2 aromatic carbocycles.